The molecule has 0 aromatic heterocycles. The van der Waals surface area contributed by atoms with Crippen LogP contribution in [0.15, 0.2) is 83.3 Å². The highest BCUT2D eigenvalue weighted by atomic mass is 79.9. The Balaban J connectivity index is 1.44. The predicted octanol–water partition coefficient (Wildman–Crippen LogP) is 6.80. The number of rotatable bonds is 6. The van der Waals surface area contributed by atoms with Crippen LogP contribution < -0.4 is 5.32 Å². The molecule has 1 N–H and O–H groups in total. The largest absolute Gasteiger partial charge is 0.322 e. The monoisotopic (exact) mass is 511 g/mol. The van der Waals surface area contributed by atoms with Gasteiger partial charge in [-0.3, -0.25) is 4.90 Å². The standard InChI is InChI=1S/C26H27BrClN3O/c27-22-8-12-24(13-9-22)29-26(32)31(19-21-6-10-23(28)11-7-21)25-14-16-30(17-15-25)18-20-4-2-1-3-5-20/h1-13,25H,14-19H2,(H,29,32). The van der Waals surface area contributed by atoms with Gasteiger partial charge in [0.2, 0.25) is 0 Å². The molecule has 0 bridgehead atoms. The number of carbonyl (C=O) groups excluding carboxylic acids is 1. The van der Waals surface area contributed by atoms with Gasteiger partial charge >= 0.3 is 6.03 Å². The zero-order valence-electron chi connectivity index (χ0n) is 17.9. The molecule has 0 atom stereocenters. The van der Waals surface area contributed by atoms with Gasteiger partial charge in [-0.1, -0.05) is 70.0 Å². The predicted molar refractivity (Wildman–Crippen MR) is 135 cm³/mol. The number of urea groups is 1. The molecule has 0 aliphatic carbocycles. The summed E-state index contributed by atoms with van der Waals surface area (Å²) in [4.78, 5) is 17.8. The molecular weight excluding hydrogens is 486 g/mol. The minimum absolute atomic E-state index is 0.0659. The maximum Gasteiger partial charge on any atom is 0.322 e. The van der Waals surface area contributed by atoms with E-state index in [-0.39, 0.29) is 12.1 Å². The van der Waals surface area contributed by atoms with Gasteiger partial charge in [-0.25, -0.2) is 4.79 Å². The van der Waals surface area contributed by atoms with Gasteiger partial charge in [0.1, 0.15) is 0 Å². The third-order valence-electron chi connectivity index (χ3n) is 5.87. The van der Waals surface area contributed by atoms with E-state index in [0.717, 1.165) is 48.2 Å². The molecule has 0 spiro atoms. The Bertz CT molecular complexity index is 1000. The lowest BCUT2D eigenvalue weighted by Gasteiger charge is -2.38. The molecule has 1 aliphatic heterocycles. The normalized spacial score (nSPS) is 14.8. The SMILES string of the molecule is O=C(Nc1ccc(Br)cc1)N(Cc1ccc(Cl)cc1)C1CCN(Cc2ccccc2)CC1. The highest BCUT2D eigenvalue weighted by molar-refractivity contribution is 9.10. The lowest BCUT2D eigenvalue weighted by molar-refractivity contribution is 0.120. The van der Waals surface area contributed by atoms with Crippen LogP contribution in [0.3, 0.4) is 0 Å². The number of amides is 2. The van der Waals surface area contributed by atoms with Crippen LogP contribution in [0.25, 0.3) is 0 Å². The summed E-state index contributed by atoms with van der Waals surface area (Å²) in [6.45, 7) is 3.46. The Morgan fingerprint density at radius 1 is 0.938 bits per heavy atom. The van der Waals surface area contributed by atoms with E-state index >= 15 is 0 Å². The number of hydrogen-bond acceptors (Lipinski definition) is 2. The molecule has 0 radical (unpaired) electrons. The fraction of sp³-hybridized carbons (Fsp3) is 0.269. The third kappa shape index (κ3) is 6.35. The van der Waals surface area contributed by atoms with Crippen LogP contribution in [-0.2, 0) is 13.1 Å². The quantitative estimate of drug-likeness (QED) is 0.394. The lowest BCUT2D eigenvalue weighted by Crippen LogP contribution is -2.48. The minimum Gasteiger partial charge on any atom is -0.317 e. The average molecular weight is 513 g/mol. The first-order valence-corrected chi connectivity index (χ1v) is 12.1. The van der Waals surface area contributed by atoms with Gasteiger partial charge in [-0.05, 0) is 60.4 Å². The van der Waals surface area contributed by atoms with Crippen LogP contribution in [0.2, 0.25) is 5.02 Å². The maximum absolute atomic E-state index is 13.3. The van der Waals surface area contributed by atoms with Crippen molar-refractivity contribution >= 4 is 39.2 Å². The second kappa shape index (κ2) is 11.0. The summed E-state index contributed by atoms with van der Waals surface area (Å²) >= 11 is 9.50. The molecule has 1 aliphatic rings. The fourth-order valence-electron chi connectivity index (χ4n) is 4.11. The number of carbonyl (C=O) groups is 1. The Morgan fingerprint density at radius 2 is 1.59 bits per heavy atom. The maximum atomic E-state index is 13.3. The summed E-state index contributed by atoms with van der Waals surface area (Å²) in [6.07, 6.45) is 1.91. The number of halogens is 2. The Hall–Kier alpha value is -2.34. The molecule has 4 nitrogen and oxygen atoms in total. The Morgan fingerprint density at radius 3 is 2.25 bits per heavy atom. The van der Waals surface area contributed by atoms with Crippen LogP contribution in [0.4, 0.5) is 10.5 Å². The van der Waals surface area contributed by atoms with E-state index in [1.54, 1.807) is 0 Å². The van der Waals surface area contributed by atoms with Gasteiger partial charge in [0, 0.05) is 47.4 Å². The van der Waals surface area contributed by atoms with Gasteiger partial charge in [0.15, 0.2) is 0 Å². The van der Waals surface area contributed by atoms with Crippen molar-refractivity contribution in [3.8, 4) is 0 Å². The molecule has 32 heavy (non-hydrogen) atoms. The second-order valence-electron chi connectivity index (χ2n) is 8.18. The number of hydrogen-bond donors (Lipinski definition) is 1. The molecule has 0 saturated carbocycles. The molecule has 3 aromatic rings. The van der Waals surface area contributed by atoms with Crippen molar-refractivity contribution in [3.63, 3.8) is 0 Å². The summed E-state index contributed by atoms with van der Waals surface area (Å²) in [5.41, 5.74) is 3.20. The summed E-state index contributed by atoms with van der Waals surface area (Å²) in [6, 6.07) is 26.1. The molecule has 1 fully saturated rings. The molecule has 4 rings (SSSR count). The first kappa shape index (κ1) is 22.8. The molecule has 6 heteroatoms. The molecule has 3 aromatic carbocycles. The lowest BCUT2D eigenvalue weighted by atomic mass is 10.0. The number of benzene rings is 3. The van der Waals surface area contributed by atoms with Crippen molar-refractivity contribution in [3.05, 3.63) is 99.5 Å². The van der Waals surface area contributed by atoms with Crippen LogP contribution in [-0.4, -0.2) is 35.0 Å². The van der Waals surface area contributed by atoms with Gasteiger partial charge in [-0.2, -0.15) is 0 Å². The van der Waals surface area contributed by atoms with Crippen LogP contribution >= 0.6 is 27.5 Å². The molecule has 166 valence electrons. The van der Waals surface area contributed by atoms with Gasteiger partial charge in [0.05, 0.1) is 0 Å². The zero-order chi connectivity index (χ0) is 22.3. The number of likely N-dealkylation sites (tertiary alicyclic amines) is 1. The topological polar surface area (TPSA) is 35.6 Å². The summed E-state index contributed by atoms with van der Waals surface area (Å²) < 4.78 is 0.985. The smallest absolute Gasteiger partial charge is 0.317 e. The second-order valence-corrected chi connectivity index (χ2v) is 9.54. The van der Waals surface area contributed by atoms with E-state index in [0.29, 0.717) is 11.6 Å². The van der Waals surface area contributed by atoms with E-state index in [4.69, 9.17) is 11.6 Å². The number of nitrogens with one attached hydrogen (secondary N) is 1. The average Bonchev–Trinajstić information content (AvgIpc) is 2.81. The van der Waals surface area contributed by atoms with Gasteiger partial charge in [-0.15, -0.1) is 0 Å². The number of anilines is 1. The minimum atomic E-state index is -0.0659. The van der Waals surface area contributed by atoms with Crippen LogP contribution in [0, 0.1) is 0 Å². The first-order chi connectivity index (χ1) is 15.6. The fourth-order valence-corrected chi connectivity index (χ4v) is 4.50. The number of piperidine rings is 1. The number of nitrogens with zero attached hydrogens (tertiary/aromatic N) is 2. The summed E-state index contributed by atoms with van der Waals surface area (Å²) in [5, 5.41) is 3.78. The van der Waals surface area contributed by atoms with E-state index in [1.165, 1.54) is 5.56 Å². The van der Waals surface area contributed by atoms with E-state index in [2.05, 4.69) is 56.5 Å². The Kier molecular flexibility index (Phi) is 7.85. The van der Waals surface area contributed by atoms with Crippen molar-refractivity contribution < 1.29 is 4.79 Å². The van der Waals surface area contributed by atoms with Crippen molar-refractivity contribution in [1.82, 2.24) is 9.80 Å². The molecule has 0 unspecified atom stereocenters. The van der Waals surface area contributed by atoms with Crippen LogP contribution in [0.1, 0.15) is 24.0 Å². The van der Waals surface area contributed by atoms with E-state index in [9.17, 15) is 4.79 Å². The van der Waals surface area contributed by atoms with Gasteiger partial charge < -0.3 is 10.2 Å². The highest BCUT2D eigenvalue weighted by Crippen LogP contribution is 2.23. The molecule has 1 heterocycles. The summed E-state index contributed by atoms with van der Waals surface area (Å²) in [7, 11) is 0. The van der Waals surface area contributed by atoms with Crippen molar-refractivity contribution in [2.24, 2.45) is 0 Å². The Labute approximate surface area is 203 Å². The third-order valence-corrected chi connectivity index (χ3v) is 6.65. The van der Waals surface area contributed by atoms with Crippen LogP contribution in [0.5, 0.6) is 0 Å². The van der Waals surface area contributed by atoms with Crippen molar-refractivity contribution in [2.45, 2.75) is 32.0 Å². The summed E-state index contributed by atoms with van der Waals surface area (Å²) in [5.74, 6) is 0. The van der Waals surface area contributed by atoms with Crippen molar-refractivity contribution in [2.75, 3.05) is 18.4 Å². The molecule has 1 saturated heterocycles. The molecular formula is C26H27BrClN3O. The van der Waals surface area contributed by atoms with E-state index < -0.39 is 0 Å². The molecule has 2 amide bonds. The van der Waals surface area contributed by atoms with Crippen molar-refractivity contribution in [1.29, 1.82) is 0 Å². The highest BCUT2D eigenvalue weighted by Gasteiger charge is 2.28. The van der Waals surface area contributed by atoms with E-state index in [1.807, 2.05) is 53.4 Å². The zero-order valence-corrected chi connectivity index (χ0v) is 20.2. The van der Waals surface area contributed by atoms with Gasteiger partial charge in [0.25, 0.3) is 0 Å². The first-order valence-electron chi connectivity index (χ1n) is 10.9.